The number of amides is 1. The molecule has 0 aliphatic rings. The maximum atomic E-state index is 12.0. The van der Waals surface area contributed by atoms with Crippen molar-refractivity contribution in [3.63, 3.8) is 0 Å². The topological polar surface area (TPSA) is 75.3 Å². The van der Waals surface area contributed by atoms with E-state index in [4.69, 9.17) is 10.8 Å². The van der Waals surface area contributed by atoms with Crippen molar-refractivity contribution in [1.82, 2.24) is 5.32 Å². The van der Waals surface area contributed by atoms with Crippen molar-refractivity contribution in [3.05, 3.63) is 35.4 Å². The SMILES string of the molecule is CC(C)(CCCO)CNC(=O)Cc1ccccc1CN. The molecule has 0 aliphatic carbocycles. The van der Waals surface area contributed by atoms with Crippen LogP contribution in [0.1, 0.15) is 37.8 Å². The Morgan fingerprint density at radius 1 is 1.30 bits per heavy atom. The summed E-state index contributed by atoms with van der Waals surface area (Å²) in [7, 11) is 0. The fourth-order valence-corrected chi connectivity index (χ4v) is 2.15. The van der Waals surface area contributed by atoms with Crippen molar-refractivity contribution >= 4 is 5.91 Å². The summed E-state index contributed by atoms with van der Waals surface area (Å²) in [6, 6.07) is 7.75. The van der Waals surface area contributed by atoms with E-state index in [9.17, 15) is 4.79 Å². The Hall–Kier alpha value is -1.39. The minimum Gasteiger partial charge on any atom is -0.396 e. The summed E-state index contributed by atoms with van der Waals surface area (Å²) in [4.78, 5) is 12.0. The van der Waals surface area contributed by atoms with Gasteiger partial charge < -0.3 is 16.2 Å². The molecule has 0 saturated carbocycles. The molecule has 4 N–H and O–H groups in total. The first-order valence-corrected chi connectivity index (χ1v) is 7.13. The maximum absolute atomic E-state index is 12.0. The van der Waals surface area contributed by atoms with Gasteiger partial charge in [-0.25, -0.2) is 0 Å². The Kier molecular flexibility index (Phi) is 6.68. The molecule has 1 rings (SSSR count). The van der Waals surface area contributed by atoms with Gasteiger partial charge in [-0.3, -0.25) is 4.79 Å². The molecular weight excluding hydrogens is 252 g/mol. The van der Waals surface area contributed by atoms with Gasteiger partial charge in [-0.2, -0.15) is 0 Å². The lowest BCUT2D eigenvalue weighted by molar-refractivity contribution is -0.120. The Morgan fingerprint density at radius 2 is 1.95 bits per heavy atom. The summed E-state index contributed by atoms with van der Waals surface area (Å²) >= 11 is 0. The van der Waals surface area contributed by atoms with Gasteiger partial charge in [0, 0.05) is 19.7 Å². The van der Waals surface area contributed by atoms with Gasteiger partial charge >= 0.3 is 0 Å². The highest BCUT2D eigenvalue weighted by molar-refractivity contribution is 5.78. The molecular formula is C16H26N2O2. The lowest BCUT2D eigenvalue weighted by Crippen LogP contribution is -2.35. The minimum absolute atomic E-state index is 0.00573. The highest BCUT2D eigenvalue weighted by Crippen LogP contribution is 2.20. The number of benzene rings is 1. The number of carbonyl (C=O) groups is 1. The summed E-state index contributed by atoms with van der Waals surface area (Å²) in [5.74, 6) is 0.0166. The predicted molar refractivity (Wildman–Crippen MR) is 81.1 cm³/mol. The van der Waals surface area contributed by atoms with E-state index in [1.165, 1.54) is 0 Å². The number of hydrogen-bond acceptors (Lipinski definition) is 3. The van der Waals surface area contributed by atoms with Gasteiger partial charge in [-0.05, 0) is 29.4 Å². The van der Waals surface area contributed by atoms with Gasteiger partial charge in [0.25, 0.3) is 0 Å². The van der Waals surface area contributed by atoms with Crippen LogP contribution >= 0.6 is 0 Å². The Bertz CT molecular complexity index is 430. The Morgan fingerprint density at radius 3 is 2.55 bits per heavy atom. The molecule has 4 heteroatoms. The predicted octanol–water partition coefficient (Wildman–Crippen LogP) is 1.60. The summed E-state index contributed by atoms with van der Waals surface area (Å²) in [5.41, 5.74) is 7.68. The third-order valence-corrected chi connectivity index (χ3v) is 3.47. The molecule has 0 fully saturated rings. The molecule has 0 unspecified atom stereocenters. The molecule has 0 bridgehead atoms. The average molecular weight is 278 g/mol. The second kappa shape index (κ2) is 8.02. The smallest absolute Gasteiger partial charge is 0.224 e. The fourth-order valence-electron chi connectivity index (χ4n) is 2.15. The largest absolute Gasteiger partial charge is 0.396 e. The number of carbonyl (C=O) groups excluding carboxylic acids is 1. The third-order valence-electron chi connectivity index (χ3n) is 3.47. The van der Waals surface area contributed by atoms with E-state index >= 15 is 0 Å². The summed E-state index contributed by atoms with van der Waals surface area (Å²) in [6.45, 7) is 5.46. The lowest BCUT2D eigenvalue weighted by atomic mass is 9.88. The lowest BCUT2D eigenvalue weighted by Gasteiger charge is -2.24. The number of aliphatic hydroxyl groups excluding tert-OH is 1. The van der Waals surface area contributed by atoms with E-state index in [-0.39, 0.29) is 17.9 Å². The first-order chi connectivity index (χ1) is 9.48. The van der Waals surface area contributed by atoms with E-state index in [1.54, 1.807) is 0 Å². The molecule has 0 radical (unpaired) electrons. The third kappa shape index (κ3) is 5.72. The molecule has 1 aromatic carbocycles. The molecule has 0 heterocycles. The molecule has 0 aliphatic heterocycles. The molecule has 0 aromatic heterocycles. The highest BCUT2D eigenvalue weighted by Gasteiger charge is 2.18. The Labute approximate surface area is 121 Å². The van der Waals surface area contributed by atoms with Crippen molar-refractivity contribution in [2.75, 3.05) is 13.2 Å². The maximum Gasteiger partial charge on any atom is 0.224 e. The van der Waals surface area contributed by atoms with Crippen molar-refractivity contribution < 1.29 is 9.90 Å². The van der Waals surface area contributed by atoms with Crippen LogP contribution in [0.25, 0.3) is 0 Å². The average Bonchev–Trinajstić information content (AvgIpc) is 2.44. The highest BCUT2D eigenvalue weighted by atomic mass is 16.2. The van der Waals surface area contributed by atoms with Gasteiger partial charge in [-0.15, -0.1) is 0 Å². The van der Waals surface area contributed by atoms with E-state index in [1.807, 2.05) is 24.3 Å². The number of aliphatic hydroxyl groups is 1. The van der Waals surface area contributed by atoms with Crippen LogP contribution in [0, 0.1) is 5.41 Å². The molecule has 4 nitrogen and oxygen atoms in total. The normalized spacial score (nSPS) is 11.4. The molecule has 0 atom stereocenters. The summed E-state index contributed by atoms with van der Waals surface area (Å²) in [6.07, 6.45) is 2.02. The first-order valence-electron chi connectivity index (χ1n) is 7.13. The van der Waals surface area contributed by atoms with E-state index in [0.717, 1.165) is 24.0 Å². The molecule has 112 valence electrons. The molecule has 0 saturated heterocycles. The van der Waals surface area contributed by atoms with Crippen molar-refractivity contribution in [3.8, 4) is 0 Å². The van der Waals surface area contributed by atoms with Crippen molar-refractivity contribution in [2.24, 2.45) is 11.1 Å². The number of nitrogens with two attached hydrogens (primary N) is 1. The van der Waals surface area contributed by atoms with Crippen LogP contribution in [0.2, 0.25) is 0 Å². The van der Waals surface area contributed by atoms with Crippen molar-refractivity contribution in [2.45, 2.75) is 39.7 Å². The summed E-state index contributed by atoms with van der Waals surface area (Å²) < 4.78 is 0. The second-order valence-electron chi connectivity index (χ2n) is 5.92. The molecule has 1 amide bonds. The zero-order valence-electron chi connectivity index (χ0n) is 12.5. The van der Waals surface area contributed by atoms with Crippen LogP contribution in [-0.2, 0) is 17.8 Å². The molecule has 0 spiro atoms. The van der Waals surface area contributed by atoms with Crippen LogP contribution in [0.5, 0.6) is 0 Å². The Balaban J connectivity index is 2.47. The van der Waals surface area contributed by atoms with Crippen LogP contribution < -0.4 is 11.1 Å². The van der Waals surface area contributed by atoms with Gasteiger partial charge in [-0.1, -0.05) is 38.1 Å². The number of nitrogens with one attached hydrogen (secondary N) is 1. The van der Waals surface area contributed by atoms with Gasteiger partial charge in [0.15, 0.2) is 0 Å². The first kappa shape index (κ1) is 16.7. The number of hydrogen-bond donors (Lipinski definition) is 3. The van der Waals surface area contributed by atoms with Gasteiger partial charge in [0.05, 0.1) is 6.42 Å². The van der Waals surface area contributed by atoms with Crippen molar-refractivity contribution in [1.29, 1.82) is 0 Å². The van der Waals surface area contributed by atoms with Crippen LogP contribution in [-0.4, -0.2) is 24.2 Å². The summed E-state index contributed by atoms with van der Waals surface area (Å²) in [5, 5.41) is 11.8. The van der Waals surface area contributed by atoms with E-state index in [2.05, 4.69) is 19.2 Å². The number of rotatable bonds is 8. The van der Waals surface area contributed by atoms with Crippen LogP contribution in [0.3, 0.4) is 0 Å². The minimum atomic E-state index is 0.00573. The van der Waals surface area contributed by atoms with E-state index in [0.29, 0.717) is 19.5 Å². The van der Waals surface area contributed by atoms with E-state index < -0.39 is 0 Å². The fraction of sp³-hybridized carbons (Fsp3) is 0.562. The zero-order chi connectivity index (χ0) is 15.0. The van der Waals surface area contributed by atoms with Crippen LogP contribution in [0.4, 0.5) is 0 Å². The van der Waals surface area contributed by atoms with Crippen LogP contribution in [0.15, 0.2) is 24.3 Å². The second-order valence-corrected chi connectivity index (χ2v) is 5.92. The van der Waals surface area contributed by atoms with Gasteiger partial charge in [0.1, 0.15) is 0 Å². The van der Waals surface area contributed by atoms with Gasteiger partial charge in [0.2, 0.25) is 5.91 Å². The quantitative estimate of drug-likeness (QED) is 0.676. The zero-order valence-corrected chi connectivity index (χ0v) is 12.5. The molecule has 20 heavy (non-hydrogen) atoms. The standard InChI is InChI=1S/C16H26N2O2/c1-16(2,8-5-9-19)12-18-15(20)10-13-6-3-4-7-14(13)11-17/h3-4,6-7,19H,5,8-12,17H2,1-2H3,(H,18,20). The molecule has 1 aromatic rings. The monoisotopic (exact) mass is 278 g/mol.